The molecule has 0 radical (unpaired) electrons. The number of nitrogens with zero attached hydrogens (tertiary/aromatic N) is 1. The summed E-state index contributed by atoms with van der Waals surface area (Å²) in [5, 5.41) is 3.50. The number of ether oxygens (including phenoxy) is 1. The topological polar surface area (TPSA) is 34.1 Å². The molecule has 3 nitrogen and oxygen atoms in total. The Balaban J connectivity index is 1.92. The van der Waals surface area contributed by atoms with E-state index in [4.69, 9.17) is 4.74 Å². The zero-order chi connectivity index (χ0) is 15.1. The van der Waals surface area contributed by atoms with Crippen LogP contribution in [0.1, 0.15) is 36.2 Å². The molecule has 1 atom stereocenters. The maximum Gasteiger partial charge on any atom is 0.119 e. The molecule has 112 valence electrons. The van der Waals surface area contributed by atoms with Crippen molar-refractivity contribution in [1.29, 1.82) is 0 Å². The van der Waals surface area contributed by atoms with Gasteiger partial charge < -0.3 is 10.1 Å². The van der Waals surface area contributed by atoms with Crippen molar-refractivity contribution in [3.8, 4) is 5.75 Å². The van der Waals surface area contributed by atoms with E-state index in [1.807, 2.05) is 25.3 Å². The fourth-order valence-electron chi connectivity index (χ4n) is 2.32. The van der Waals surface area contributed by atoms with Gasteiger partial charge in [-0.15, -0.1) is 0 Å². The molecular weight excluding hydrogens is 260 g/mol. The van der Waals surface area contributed by atoms with Crippen LogP contribution in [0.4, 0.5) is 0 Å². The summed E-state index contributed by atoms with van der Waals surface area (Å²) in [6, 6.07) is 12.7. The lowest BCUT2D eigenvalue weighted by Crippen LogP contribution is -2.23. The molecule has 0 fully saturated rings. The van der Waals surface area contributed by atoms with E-state index < -0.39 is 0 Å². The van der Waals surface area contributed by atoms with Gasteiger partial charge in [0.1, 0.15) is 5.75 Å². The van der Waals surface area contributed by atoms with Crippen LogP contribution in [0.15, 0.2) is 42.6 Å². The first-order valence-corrected chi connectivity index (χ1v) is 7.54. The second kappa shape index (κ2) is 7.79. The Hall–Kier alpha value is -1.87. The summed E-state index contributed by atoms with van der Waals surface area (Å²) >= 11 is 0. The number of rotatable bonds is 7. The van der Waals surface area contributed by atoms with Crippen molar-refractivity contribution < 1.29 is 4.74 Å². The van der Waals surface area contributed by atoms with E-state index in [1.165, 1.54) is 11.1 Å². The van der Waals surface area contributed by atoms with Gasteiger partial charge in [-0.3, -0.25) is 4.98 Å². The largest absolute Gasteiger partial charge is 0.494 e. The molecule has 2 rings (SSSR count). The molecule has 0 saturated heterocycles. The molecule has 1 aromatic carbocycles. The number of hydrogen-bond donors (Lipinski definition) is 1. The monoisotopic (exact) mass is 284 g/mol. The van der Waals surface area contributed by atoms with Gasteiger partial charge in [0.2, 0.25) is 0 Å². The van der Waals surface area contributed by atoms with Crippen molar-refractivity contribution in [1.82, 2.24) is 10.3 Å². The third kappa shape index (κ3) is 4.87. The summed E-state index contributed by atoms with van der Waals surface area (Å²) in [6.45, 7) is 7.83. The third-order valence-corrected chi connectivity index (χ3v) is 3.45. The highest BCUT2D eigenvalue weighted by atomic mass is 16.5. The Morgan fingerprint density at radius 3 is 2.71 bits per heavy atom. The molecule has 2 aromatic rings. The number of aromatic nitrogens is 1. The van der Waals surface area contributed by atoms with E-state index in [2.05, 4.69) is 48.4 Å². The van der Waals surface area contributed by atoms with Crippen LogP contribution in [0, 0.1) is 13.8 Å². The Labute approximate surface area is 127 Å². The first kappa shape index (κ1) is 15.5. The van der Waals surface area contributed by atoms with Gasteiger partial charge in [-0.25, -0.2) is 0 Å². The summed E-state index contributed by atoms with van der Waals surface area (Å²) in [4.78, 5) is 4.38. The van der Waals surface area contributed by atoms with Gasteiger partial charge in [-0.05, 0) is 49.7 Å². The van der Waals surface area contributed by atoms with Crippen molar-refractivity contribution in [2.45, 2.75) is 33.2 Å². The second-order valence-corrected chi connectivity index (χ2v) is 5.30. The smallest absolute Gasteiger partial charge is 0.119 e. The van der Waals surface area contributed by atoms with E-state index in [0.717, 1.165) is 24.4 Å². The van der Waals surface area contributed by atoms with Gasteiger partial charge in [-0.1, -0.05) is 25.1 Å². The average Bonchev–Trinajstić information content (AvgIpc) is 2.47. The Kier molecular flexibility index (Phi) is 5.76. The normalized spacial score (nSPS) is 12.1. The predicted molar refractivity (Wildman–Crippen MR) is 86.7 cm³/mol. The van der Waals surface area contributed by atoms with Crippen LogP contribution in [0.3, 0.4) is 0 Å². The minimum atomic E-state index is 0.285. The molecule has 0 aliphatic heterocycles. The Bertz CT molecular complexity index is 551. The summed E-state index contributed by atoms with van der Waals surface area (Å²) < 4.78 is 5.85. The molecule has 21 heavy (non-hydrogen) atoms. The standard InChI is InChI=1S/C18H24N2O/c1-4-19-18(16-9-8-15(3)20-13-16)10-11-21-17-7-5-6-14(2)12-17/h5-9,12-13,18-19H,4,10-11H2,1-3H3. The van der Waals surface area contributed by atoms with Crippen LogP contribution in [0.2, 0.25) is 0 Å². The van der Waals surface area contributed by atoms with Gasteiger partial charge >= 0.3 is 0 Å². The molecule has 1 N–H and O–H groups in total. The quantitative estimate of drug-likeness (QED) is 0.839. The van der Waals surface area contributed by atoms with E-state index in [1.54, 1.807) is 0 Å². The minimum Gasteiger partial charge on any atom is -0.494 e. The molecule has 0 aliphatic rings. The lowest BCUT2D eigenvalue weighted by Gasteiger charge is -2.18. The van der Waals surface area contributed by atoms with Gasteiger partial charge in [0.25, 0.3) is 0 Å². The molecule has 1 aromatic heterocycles. The van der Waals surface area contributed by atoms with Crippen molar-refractivity contribution in [2.24, 2.45) is 0 Å². The van der Waals surface area contributed by atoms with Crippen LogP contribution in [0.5, 0.6) is 5.75 Å². The van der Waals surface area contributed by atoms with Crippen LogP contribution in [-0.2, 0) is 0 Å². The highest BCUT2D eigenvalue weighted by Crippen LogP contribution is 2.18. The van der Waals surface area contributed by atoms with Gasteiger partial charge in [0.05, 0.1) is 6.61 Å². The van der Waals surface area contributed by atoms with Crippen LogP contribution >= 0.6 is 0 Å². The molecule has 0 spiro atoms. The number of nitrogens with one attached hydrogen (secondary N) is 1. The van der Waals surface area contributed by atoms with Crippen LogP contribution < -0.4 is 10.1 Å². The maximum absolute atomic E-state index is 5.85. The Morgan fingerprint density at radius 1 is 1.19 bits per heavy atom. The fraction of sp³-hybridized carbons (Fsp3) is 0.389. The van der Waals surface area contributed by atoms with E-state index in [-0.39, 0.29) is 6.04 Å². The Morgan fingerprint density at radius 2 is 2.05 bits per heavy atom. The van der Waals surface area contributed by atoms with Crippen molar-refractivity contribution in [3.63, 3.8) is 0 Å². The molecule has 0 amide bonds. The first-order valence-electron chi connectivity index (χ1n) is 7.54. The zero-order valence-corrected chi connectivity index (χ0v) is 13.1. The molecule has 0 bridgehead atoms. The lowest BCUT2D eigenvalue weighted by atomic mass is 10.1. The van der Waals surface area contributed by atoms with Gasteiger partial charge in [0, 0.05) is 24.4 Å². The number of aryl methyl sites for hydroxylation is 2. The third-order valence-electron chi connectivity index (χ3n) is 3.45. The number of pyridine rings is 1. The molecule has 0 aliphatic carbocycles. The summed E-state index contributed by atoms with van der Waals surface area (Å²) in [6.07, 6.45) is 2.88. The predicted octanol–water partition coefficient (Wildman–Crippen LogP) is 3.82. The van der Waals surface area contributed by atoms with Gasteiger partial charge in [-0.2, -0.15) is 0 Å². The molecular formula is C18H24N2O. The summed E-state index contributed by atoms with van der Waals surface area (Å²) in [5.41, 5.74) is 3.48. The molecule has 1 heterocycles. The minimum absolute atomic E-state index is 0.285. The van der Waals surface area contributed by atoms with E-state index in [9.17, 15) is 0 Å². The van der Waals surface area contributed by atoms with Crippen molar-refractivity contribution >= 4 is 0 Å². The summed E-state index contributed by atoms with van der Waals surface area (Å²) in [5.74, 6) is 0.937. The number of hydrogen-bond acceptors (Lipinski definition) is 3. The lowest BCUT2D eigenvalue weighted by molar-refractivity contribution is 0.287. The number of benzene rings is 1. The first-order chi connectivity index (χ1) is 10.2. The average molecular weight is 284 g/mol. The van der Waals surface area contributed by atoms with Crippen molar-refractivity contribution in [3.05, 3.63) is 59.4 Å². The van der Waals surface area contributed by atoms with Crippen LogP contribution in [0.25, 0.3) is 0 Å². The molecule has 3 heteroatoms. The SMILES string of the molecule is CCNC(CCOc1cccc(C)c1)c1ccc(C)nc1. The zero-order valence-electron chi connectivity index (χ0n) is 13.1. The summed E-state index contributed by atoms with van der Waals surface area (Å²) in [7, 11) is 0. The van der Waals surface area contributed by atoms with Crippen LogP contribution in [-0.4, -0.2) is 18.1 Å². The van der Waals surface area contributed by atoms with E-state index >= 15 is 0 Å². The molecule has 0 saturated carbocycles. The fourth-order valence-corrected chi connectivity index (χ4v) is 2.32. The molecule has 1 unspecified atom stereocenters. The highest BCUT2D eigenvalue weighted by molar-refractivity contribution is 5.27. The second-order valence-electron chi connectivity index (χ2n) is 5.30. The highest BCUT2D eigenvalue weighted by Gasteiger charge is 2.10. The maximum atomic E-state index is 5.85. The van der Waals surface area contributed by atoms with Gasteiger partial charge in [0.15, 0.2) is 0 Å². The van der Waals surface area contributed by atoms with E-state index in [0.29, 0.717) is 6.61 Å². The van der Waals surface area contributed by atoms with Crippen molar-refractivity contribution in [2.75, 3.05) is 13.2 Å².